The standard InChI is InChI=1S/C23H21ClN2O5S/c24-22-11-10-20(32(28,29)26-12-14-30-15-13-26)16-21(22)23(27)25-17-6-8-19(9-7-17)31-18-4-2-1-3-5-18/h1-11,16H,12-15H2,(H,25,27). The Bertz CT molecular complexity index is 1190. The van der Waals surface area contributed by atoms with Crippen molar-refractivity contribution in [1.29, 1.82) is 0 Å². The van der Waals surface area contributed by atoms with E-state index >= 15 is 0 Å². The highest BCUT2D eigenvalue weighted by Crippen LogP contribution is 2.26. The van der Waals surface area contributed by atoms with Gasteiger partial charge in [0.25, 0.3) is 5.91 Å². The lowest BCUT2D eigenvalue weighted by atomic mass is 10.2. The number of para-hydroxylation sites is 1. The fourth-order valence-corrected chi connectivity index (χ4v) is 4.84. The minimum Gasteiger partial charge on any atom is -0.457 e. The highest BCUT2D eigenvalue weighted by atomic mass is 35.5. The number of anilines is 1. The van der Waals surface area contributed by atoms with Gasteiger partial charge in [-0.1, -0.05) is 29.8 Å². The van der Waals surface area contributed by atoms with Crippen LogP contribution in [0, 0.1) is 0 Å². The van der Waals surface area contributed by atoms with Gasteiger partial charge in [0.1, 0.15) is 11.5 Å². The highest BCUT2D eigenvalue weighted by molar-refractivity contribution is 7.89. The number of carbonyl (C=O) groups excluding carboxylic acids is 1. The molecule has 1 amide bonds. The molecule has 4 rings (SSSR count). The third kappa shape index (κ3) is 5.11. The molecule has 1 aliphatic rings. The molecule has 0 atom stereocenters. The first-order chi connectivity index (χ1) is 15.4. The summed E-state index contributed by atoms with van der Waals surface area (Å²) >= 11 is 6.20. The summed E-state index contributed by atoms with van der Waals surface area (Å²) in [6, 6.07) is 20.3. The SMILES string of the molecule is O=C(Nc1ccc(Oc2ccccc2)cc1)c1cc(S(=O)(=O)N2CCOCC2)ccc1Cl. The fourth-order valence-electron chi connectivity index (χ4n) is 3.20. The van der Waals surface area contributed by atoms with Crippen molar-refractivity contribution in [1.82, 2.24) is 4.31 Å². The van der Waals surface area contributed by atoms with Crippen molar-refractivity contribution < 1.29 is 22.7 Å². The first kappa shape index (κ1) is 22.3. The van der Waals surface area contributed by atoms with Crippen molar-refractivity contribution in [3.8, 4) is 11.5 Å². The Kier molecular flexibility index (Phi) is 6.76. The predicted octanol–water partition coefficient (Wildman–Crippen LogP) is 4.41. The van der Waals surface area contributed by atoms with Crippen LogP contribution < -0.4 is 10.1 Å². The molecule has 0 bridgehead atoms. The molecule has 3 aromatic carbocycles. The van der Waals surface area contributed by atoms with Crippen molar-refractivity contribution in [3.63, 3.8) is 0 Å². The van der Waals surface area contributed by atoms with E-state index in [0.717, 1.165) is 0 Å². The van der Waals surface area contributed by atoms with Crippen molar-refractivity contribution in [3.05, 3.63) is 83.4 Å². The molecular weight excluding hydrogens is 452 g/mol. The quantitative estimate of drug-likeness (QED) is 0.574. The predicted molar refractivity (Wildman–Crippen MR) is 122 cm³/mol. The van der Waals surface area contributed by atoms with Gasteiger partial charge in [-0.25, -0.2) is 8.42 Å². The Labute approximate surface area is 191 Å². The van der Waals surface area contributed by atoms with Gasteiger partial charge in [0.2, 0.25) is 10.0 Å². The van der Waals surface area contributed by atoms with Crippen molar-refractivity contribution in [2.24, 2.45) is 0 Å². The summed E-state index contributed by atoms with van der Waals surface area (Å²) in [7, 11) is -3.74. The van der Waals surface area contributed by atoms with Crippen molar-refractivity contribution >= 4 is 33.2 Å². The van der Waals surface area contributed by atoms with Gasteiger partial charge in [-0.2, -0.15) is 4.31 Å². The summed E-state index contributed by atoms with van der Waals surface area (Å²) in [4.78, 5) is 12.8. The molecule has 0 aliphatic carbocycles. The zero-order valence-electron chi connectivity index (χ0n) is 17.0. The molecule has 7 nitrogen and oxygen atoms in total. The number of hydrogen-bond donors (Lipinski definition) is 1. The Morgan fingerprint density at radius 3 is 2.28 bits per heavy atom. The minimum atomic E-state index is -3.74. The number of halogens is 1. The van der Waals surface area contributed by atoms with Gasteiger partial charge in [-0.15, -0.1) is 0 Å². The second-order valence-corrected chi connectivity index (χ2v) is 9.40. The smallest absolute Gasteiger partial charge is 0.257 e. The third-order valence-electron chi connectivity index (χ3n) is 4.88. The van der Waals surface area contributed by atoms with Crippen LogP contribution in [0.5, 0.6) is 11.5 Å². The van der Waals surface area contributed by atoms with E-state index < -0.39 is 15.9 Å². The van der Waals surface area contributed by atoms with E-state index in [4.69, 9.17) is 21.1 Å². The number of nitrogens with one attached hydrogen (secondary N) is 1. The van der Waals surface area contributed by atoms with Gasteiger partial charge < -0.3 is 14.8 Å². The largest absolute Gasteiger partial charge is 0.457 e. The van der Waals surface area contributed by atoms with Gasteiger partial charge in [0.05, 0.1) is 28.7 Å². The van der Waals surface area contributed by atoms with E-state index in [-0.39, 0.29) is 28.6 Å². The van der Waals surface area contributed by atoms with E-state index in [9.17, 15) is 13.2 Å². The van der Waals surface area contributed by atoms with Gasteiger partial charge in [0.15, 0.2) is 0 Å². The van der Waals surface area contributed by atoms with E-state index in [1.165, 1.54) is 22.5 Å². The highest BCUT2D eigenvalue weighted by Gasteiger charge is 2.27. The van der Waals surface area contributed by atoms with Crippen molar-refractivity contribution in [2.45, 2.75) is 4.90 Å². The Balaban J connectivity index is 1.49. The molecule has 0 radical (unpaired) electrons. The Morgan fingerprint density at radius 2 is 1.59 bits per heavy atom. The first-order valence-electron chi connectivity index (χ1n) is 9.95. The molecule has 166 valence electrons. The summed E-state index contributed by atoms with van der Waals surface area (Å²) in [5, 5.41) is 2.90. The van der Waals surface area contributed by atoms with Crippen LogP contribution in [0.25, 0.3) is 0 Å². The molecular formula is C23H21ClN2O5S. The van der Waals surface area contributed by atoms with Crippen LogP contribution in [0.1, 0.15) is 10.4 Å². The number of benzene rings is 3. The Hall–Kier alpha value is -2.91. The van der Waals surface area contributed by atoms with Crippen LogP contribution in [0.4, 0.5) is 5.69 Å². The normalized spacial score (nSPS) is 14.7. The number of morpholine rings is 1. The minimum absolute atomic E-state index is 0.0144. The number of sulfonamides is 1. The van der Waals surface area contributed by atoms with Gasteiger partial charge >= 0.3 is 0 Å². The topological polar surface area (TPSA) is 84.9 Å². The maximum Gasteiger partial charge on any atom is 0.257 e. The zero-order chi connectivity index (χ0) is 22.6. The molecule has 0 aromatic heterocycles. The van der Waals surface area contributed by atoms with E-state index in [1.807, 2.05) is 30.3 Å². The van der Waals surface area contributed by atoms with Gasteiger partial charge in [-0.05, 0) is 54.6 Å². The average molecular weight is 473 g/mol. The Morgan fingerprint density at radius 1 is 0.938 bits per heavy atom. The monoisotopic (exact) mass is 472 g/mol. The maximum atomic E-state index is 12.9. The molecule has 0 saturated carbocycles. The number of carbonyl (C=O) groups is 1. The summed E-state index contributed by atoms with van der Waals surface area (Å²) in [5.41, 5.74) is 0.596. The van der Waals surface area contributed by atoms with Crippen LogP contribution >= 0.6 is 11.6 Å². The van der Waals surface area contributed by atoms with E-state index in [0.29, 0.717) is 30.4 Å². The maximum absolute atomic E-state index is 12.9. The molecule has 1 aliphatic heterocycles. The second kappa shape index (κ2) is 9.70. The van der Waals surface area contributed by atoms with Crippen LogP contribution in [0.15, 0.2) is 77.7 Å². The van der Waals surface area contributed by atoms with Crippen LogP contribution in [-0.2, 0) is 14.8 Å². The lowest BCUT2D eigenvalue weighted by Gasteiger charge is -2.26. The molecule has 1 fully saturated rings. The number of rotatable bonds is 6. The summed E-state index contributed by atoms with van der Waals surface area (Å²) in [5.74, 6) is 0.811. The zero-order valence-corrected chi connectivity index (χ0v) is 18.6. The number of amides is 1. The second-order valence-electron chi connectivity index (χ2n) is 7.05. The van der Waals surface area contributed by atoms with E-state index in [2.05, 4.69) is 5.32 Å². The number of ether oxygens (including phenoxy) is 2. The molecule has 9 heteroatoms. The van der Waals surface area contributed by atoms with Gasteiger partial charge in [0, 0.05) is 18.8 Å². The lowest BCUT2D eigenvalue weighted by Crippen LogP contribution is -2.40. The number of nitrogens with zero attached hydrogens (tertiary/aromatic N) is 1. The summed E-state index contributed by atoms with van der Waals surface area (Å²) in [6.45, 7) is 1.21. The molecule has 1 heterocycles. The summed E-state index contributed by atoms with van der Waals surface area (Å²) < 4.78 is 38.1. The number of hydrogen-bond acceptors (Lipinski definition) is 5. The first-order valence-corrected chi connectivity index (χ1v) is 11.8. The van der Waals surface area contributed by atoms with Crippen LogP contribution in [0.3, 0.4) is 0 Å². The van der Waals surface area contributed by atoms with Gasteiger partial charge in [-0.3, -0.25) is 4.79 Å². The molecule has 3 aromatic rings. The molecule has 32 heavy (non-hydrogen) atoms. The summed E-state index contributed by atoms with van der Waals surface area (Å²) in [6.07, 6.45) is 0. The van der Waals surface area contributed by atoms with E-state index in [1.54, 1.807) is 24.3 Å². The molecule has 0 spiro atoms. The molecule has 0 unspecified atom stereocenters. The third-order valence-corrected chi connectivity index (χ3v) is 7.11. The lowest BCUT2D eigenvalue weighted by molar-refractivity contribution is 0.0730. The van der Waals surface area contributed by atoms with Crippen LogP contribution in [0.2, 0.25) is 5.02 Å². The average Bonchev–Trinajstić information content (AvgIpc) is 2.82. The van der Waals surface area contributed by atoms with Crippen molar-refractivity contribution in [2.75, 3.05) is 31.6 Å². The molecule has 1 saturated heterocycles. The fraction of sp³-hybridized carbons (Fsp3) is 0.174. The van der Waals surface area contributed by atoms with Crippen LogP contribution in [-0.4, -0.2) is 44.9 Å². The molecule has 1 N–H and O–H groups in total.